The SMILES string of the molecule is CC(Cn1cc(N)nn1)C(N)=O. The molecule has 1 aromatic rings. The fourth-order valence-electron chi connectivity index (χ4n) is 0.773. The first kappa shape index (κ1) is 8.51. The molecule has 0 saturated carbocycles. The Morgan fingerprint density at radius 2 is 2.50 bits per heavy atom. The van der Waals surface area contributed by atoms with Gasteiger partial charge in [-0.3, -0.25) is 4.79 Å². The molecule has 0 aliphatic rings. The third kappa shape index (κ3) is 1.94. The second-order valence-electron chi connectivity index (χ2n) is 2.67. The largest absolute Gasteiger partial charge is 0.381 e. The van der Waals surface area contributed by atoms with Crippen LogP contribution < -0.4 is 11.5 Å². The molecule has 4 N–H and O–H groups in total. The minimum atomic E-state index is -0.357. The maximum Gasteiger partial charge on any atom is 0.222 e. The number of hydrogen-bond acceptors (Lipinski definition) is 4. The average molecular weight is 169 g/mol. The standard InChI is InChI=1S/C6H11N5O/c1-4(6(8)12)2-11-3-5(7)9-10-11/h3-4H,2,7H2,1H3,(H2,8,12). The average Bonchev–Trinajstić information content (AvgIpc) is 2.35. The van der Waals surface area contributed by atoms with Gasteiger partial charge in [0.1, 0.15) is 0 Å². The highest BCUT2D eigenvalue weighted by Crippen LogP contribution is 1.99. The van der Waals surface area contributed by atoms with Crippen LogP contribution in [0.5, 0.6) is 0 Å². The smallest absolute Gasteiger partial charge is 0.222 e. The van der Waals surface area contributed by atoms with Gasteiger partial charge in [-0.15, -0.1) is 5.10 Å². The molecular formula is C6H11N5O. The van der Waals surface area contributed by atoms with Crippen LogP contribution in [-0.2, 0) is 11.3 Å². The van der Waals surface area contributed by atoms with E-state index in [2.05, 4.69) is 10.3 Å². The number of aromatic nitrogens is 3. The van der Waals surface area contributed by atoms with Gasteiger partial charge in [-0.25, -0.2) is 4.68 Å². The lowest BCUT2D eigenvalue weighted by Crippen LogP contribution is -2.24. The van der Waals surface area contributed by atoms with Crippen molar-refractivity contribution in [1.29, 1.82) is 0 Å². The Balaban J connectivity index is 2.58. The van der Waals surface area contributed by atoms with Gasteiger partial charge < -0.3 is 11.5 Å². The molecule has 0 aromatic carbocycles. The molecule has 0 saturated heterocycles. The fraction of sp³-hybridized carbons (Fsp3) is 0.500. The Morgan fingerprint density at radius 3 is 2.92 bits per heavy atom. The zero-order valence-electron chi connectivity index (χ0n) is 6.77. The molecule has 1 unspecified atom stereocenters. The van der Waals surface area contributed by atoms with Crippen LogP contribution in [0.25, 0.3) is 0 Å². The third-order valence-corrected chi connectivity index (χ3v) is 1.50. The van der Waals surface area contributed by atoms with E-state index >= 15 is 0 Å². The maximum absolute atomic E-state index is 10.6. The van der Waals surface area contributed by atoms with Crippen molar-refractivity contribution in [1.82, 2.24) is 15.0 Å². The van der Waals surface area contributed by atoms with Crippen LogP contribution in [0, 0.1) is 5.92 Å². The van der Waals surface area contributed by atoms with Gasteiger partial charge in [0.2, 0.25) is 5.91 Å². The lowest BCUT2D eigenvalue weighted by molar-refractivity contribution is -0.121. The number of rotatable bonds is 3. The summed E-state index contributed by atoms with van der Waals surface area (Å²) in [6, 6.07) is 0. The highest BCUT2D eigenvalue weighted by Gasteiger charge is 2.09. The van der Waals surface area contributed by atoms with E-state index in [1.807, 2.05) is 0 Å². The minimum Gasteiger partial charge on any atom is -0.381 e. The van der Waals surface area contributed by atoms with Gasteiger partial charge in [0.25, 0.3) is 0 Å². The van der Waals surface area contributed by atoms with Crippen molar-refractivity contribution in [2.75, 3.05) is 5.73 Å². The highest BCUT2D eigenvalue weighted by atomic mass is 16.1. The molecule has 0 aliphatic carbocycles. The van der Waals surface area contributed by atoms with E-state index in [9.17, 15) is 4.79 Å². The van der Waals surface area contributed by atoms with E-state index in [4.69, 9.17) is 11.5 Å². The molecule has 0 bridgehead atoms. The molecule has 66 valence electrons. The normalized spacial score (nSPS) is 12.8. The van der Waals surface area contributed by atoms with Gasteiger partial charge in [-0.2, -0.15) is 0 Å². The van der Waals surface area contributed by atoms with Gasteiger partial charge in [0, 0.05) is 0 Å². The summed E-state index contributed by atoms with van der Waals surface area (Å²) in [4.78, 5) is 10.6. The zero-order chi connectivity index (χ0) is 9.14. The predicted octanol–water partition coefficient (Wildman–Crippen LogP) is -1.02. The summed E-state index contributed by atoms with van der Waals surface area (Å²) in [5, 5.41) is 7.24. The van der Waals surface area contributed by atoms with Crippen LogP contribution in [0.4, 0.5) is 5.82 Å². The molecule has 6 nitrogen and oxygen atoms in total. The summed E-state index contributed by atoms with van der Waals surface area (Å²) >= 11 is 0. The highest BCUT2D eigenvalue weighted by molar-refractivity contribution is 5.76. The minimum absolute atomic E-state index is 0.258. The zero-order valence-corrected chi connectivity index (χ0v) is 6.77. The molecule has 0 fully saturated rings. The van der Waals surface area contributed by atoms with Gasteiger partial charge in [0.15, 0.2) is 5.82 Å². The monoisotopic (exact) mass is 169 g/mol. The first-order chi connectivity index (χ1) is 5.59. The van der Waals surface area contributed by atoms with Crippen molar-refractivity contribution >= 4 is 11.7 Å². The van der Waals surface area contributed by atoms with E-state index < -0.39 is 0 Å². The van der Waals surface area contributed by atoms with Gasteiger partial charge in [-0.05, 0) is 0 Å². The number of hydrogen-bond donors (Lipinski definition) is 2. The van der Waals surface area contributed by atoms with E-state index in [0.29, 0.717) is 12.4 Å². The van der Waals surface area contributed by atoms with Crippen LogP contribution >= 0.6 is 0 Å². The van der Waals surface area contributed by atoms with E-state index in [1.165, 1.54) is 4.68 Å². The third-order valence-electron chi connectivity index (χ3n) is 1.50. The molecule has 1 atom stereocenters. The summed E-state index contributed by atoms with van der Waals surface area (Å²) in [7, 11) is 0. The molecule has 1 heterocycles. The van der Waals surface area contributed by atoms with Crippen LogP contribution in [-0.4, -0.2) is 20.9 Å². The quantitative estimate of drug-likeness (QED) is 0.605. The molecule has 6 heteroatoms. The Bertz CT molecular complexity index is 281. The molecule has 12 heavy (non-hydrogen) atoms. The Kier molecular flexibility index (Phi) is 2.27. The van der Waals surface area contributed by atoms with Crippen molar-refractivity contribution in [3.63, 3.8) is 0 Å². The number of amides is 1. The van der Waals surface area contributed by atoms with Gasteiger partial charge in [-0.1, -0.05) is 12.1 Å². The summed E-state index contributed by atoms with van der Waals surface area (Å²) < 4.78 is 1.49. The van der Waals surface area contributed by atoms with Crippen LogP contribution in [0.1, 0.15) is 6.92 Å². The first-order valence-corrected chi connectivity index (χ1v) is 3.54. The molecule has 1 aromatic heterocycles. The van der Waals surface area contributed by atoms with Crippen LogP contribution in [0.3, 0.4) is 0 Å². The van der Waals surface area contributed by atoms with Crippen LogP contribution in [0.2, 0.25) is 0 Å². The number of anilines is 1. The first-order valence-electron chi connectivity index (χ1n) is 3.54. The number of nitrogen functional groups attached to an aromatic ring is 1. The fourth-order valence-corrected chi connectivity index (χ4v) is 0.773. The predicted molar refractivity (Wildman–Crippen MR) is 42.8 cm³/mol. The summed E-state index contributed by atoms with van der Waals surface area (Å²) in [6.07, 6.45) is 1.56. The lowest BCUT2D eigenvalue weighted by Gasteiger charge is -2.04. The van der Waals surface area contributed by atoms with Gasteiger partial charge >= 0.3 is 0 Å². The number of carbonyl (C=O) groups excluding carboxylic acids is 1. The molecule has 0 spiro atoms. The molecule has 0 radical (unpaired) electrons. The van der Waals surface area contributed by atoms with Crippen molar-refractivity contribution in [2.24, 2.45) is 11.7 Å². The summed E-state index contributed by atoms with van der Waals surface area (Å²) in [5.41, 5.74) is 10.4. The Labute approximate surface area is 69.5 Å². The maximum atomic E-state index is 10.6. The Morgan fingerprint density at radius 1 is 1.83 bits per heavy atom. The number of nitrogens with zero attached hydrogens (tertiary/aromatic N) is 3. The number of primary amides is 1. The second kappa shape index (κ2) is 3.21. The lowest BCUT2D eigenvalue weighted by atomic mass is 10.2. The van der Waals surface area contributed by atoms with Gasteiger partial charge in [0.05, 0.1) is 18.7 Å². The van der Waals surface area contributed by atoms with E-state index in [-0.39, 0.29) is 11.8 Å². The second-order valence-corrected chi connectivity index (χ2v) is 2.67. The van der Waals surface area contributed by atoms with E-state index in [1.54, 1.807) is 13.1 Å². The van der Waals surface area contributed by atoms with Crippen molar-refractivity contribution in [2.45, 2.75) is 13.5 Å². The van der Waals surface area contributed by atoms with Crippen molar-refractivity contribution < 1.29 is 4.79 Å². The van der Waals surface area contributed by atoms with Crippen molar-refractivity contribution in [3.05, 3.63) is 6.20 Å². The Hall–Kier alpha value is -1.59. The molecular weight excluding hydrogens is 158 g/mol. The van der Waals surface area contributed by atoms with E-state index in [0.717, 1.165) is 0 Å². The molecule has 1 rings (SSSR count). The van der Waals surface area contributed by atoms with Crippen molar-refractivity contribution in [3.8, 4) is 0 Å². The van der Waals surface area contributed by atoms with Crippen LogP contribution in [0.15, 0.2) is 6.20 Å². The summed E-state index contributed by atoms with van der Waals surface area (Å²) in [5.74, 6) is -0.276. The topological polar surface area (TPSA) is 99.8 Å². The number of carbonyl (C=O) groups is 1. The molecule has 0 aliphatic heterocycles. The number of nitrogens with two attached hydrogens (primary N) is 2. The summed E-state index contributed by atoms with van der Waals surface area (Å²) in [6.45, 7) is 2.14. The molecule has 1 amide bonds.